The summed E-state index contributed by atoms with van der Waals surface area (Å²) in [6.07, 6.45) is 8.70. The van der Waals surface area contributed by atoms with Crippen LogP contribution in [0.3, 0.4) is 0 Å². The van der Waals surface area contributed by atoms with Gasteiger partial charge in [0.15, 0.2) is 18.2 Å². The smallest absolute Gasteiger partial charge is 0.206 e. The van der Waals surface area contributed by atoms with Crippen LogP contribution in [0.2, 0.25) is 0 Å². The minimum atomic E-state index is 0.247. The first kappa shape index (κ1) is 17.9. The molecule has 0 fully saturated rings. The molecule has 1 aromatic carbocycles. The van der Waals surface area contributed by atoms with E-state index in [0.717, 1.165) is 18.7 Å². The van der Waals surface area contributed by atoms with E-state index < -0.39 is 0 Å². The number of Topliss-reactive ketones (excluding diaryl/α,β-unsaturated/α-hetero) is 1. The summed E-state index contributed by atoms with van der Waals surface area (Å²) in [6.45, 7) is 8.74. The number of pyridine rings is 1. The Morgan fingerprint density at radius 3 is 1.96 bits per heavy atom. The predicted octanol–water partition coefficient (Wildman–Crippen LogP) is 3.97. The molecule has 126 valence electrons. The highest BCUT2D eigenvalue weighted by Crippen LogP contribution is 2.16. The molecule has 0 unspecified atom stereocenters. The Hall–Kier alpha value is -2.42. The van der Waals surface area contributed by atoms with Crippen LogP contribution >= 0.6 is 0 Å². The van der Waals surface area contributed by atoms with Gasteiger partial charge in [0.05, 0.1) is 0 Å². The van der Waals surface area contributed by atoms with E-state index in [4.69, 9.17) is 0 Å². The third-order valence-electron chi connectivity index (χ3n) is 4.16. The Kier molecular flexibility index (Phi) is 6.74. The highest BCUT2D eigenvalue weighted by molar-refractivity contribution is 5.76. The molecule has 0 saturated heterocycles. The van der Waals surface area contributed by atoms with Gasteiger partial charge in [-0.15, -0.1) is 0 Å². The number of ketones is 1. The van der Waals surface area contributed by atoms with Gasteiger partial charge in [-0.25, -0.2) is 0 Å². The number of carbonyl (C=O) groups is 1. The third kappa shape index (κ3) is 5.05. The van der Waals surface area contributed by atoms with Crippen molar-refractivity contribution in [3.63, 3.8) is 0 Å². The van der Waals surface area contributed by atoms with Crippen molar-refractivity contribution in [2.24, 2.45) is 0 Å². The van der Waals surface area contributed by atoms with Crippen molar-refractivity contribution >= 4 is 23.6 Å². The molecule has 0 spiro atoms. The zero-order valence-corrected chi connectivity index (χ0v) is 14.9. The SMILES string of the molecule is CCC(=O)C[n+]1ccc(/C=C/c2ccc(N(CC)CC)cc2)cc1. The van der Waals surface area contributed by atoms with Crippen molar-refractivity contribution in [2.75, 3.05) is 18.0 Å². The van der Waals surface area contributed by atoms with E-state index in [9.17, 15) is 4.79 Å². The first-order chi connectivity index (χ1) is 11.7. The molecule has 1 heterocycles. The minimum Gasteiger partial charge on any atom is -0.372 e. The van der Waals surface area contributed by atoms with Crippen LogP contribution in [0, 0.1) is 0 Å². The van der Waals surface area contributed by atoms with Crippen molar-refractivity contribution in [1.29, 1.82) is 0 Å². The van der Waals surface area contributed by atoms with E-state index in [2.05, 4.69) is 55.2 Å². The van der Waals surface area contributed by atoms with Crippen LogP contribution in [0.15, 0.2) is 48.8 Å². The van der Waals surface area contributed by atoms with E-state index in [1.54, 1.807) is 0 Å². The lowest BCUT2D eigenvalue weighted by Gasteiger charge is -2.20. The van der Waals surface area contributed by atoms with Crippen LogP contribution in [-0.4, -0.2) is 18.9 Å². The van der Waals surface area contributed by atoms with Crippen LogP contribution in [0.5, 0.6) is 0 Å². The van der Waals surface area contributed by atoms with Crippen molar-refractivity contribution in [2.45, 2.75) is 33.7 Å². The second kappa shape index (κ2) is 9.02. The lowest BCUT2D eigenvalue weighted by atomic mass is 10.1. The summed E-state index contributed by atoms with van der Waals surface area (Å²) in [4.78, 5) is 13.8. The van der Waals surface area contributed by atoms with Gasteiger partial charge in [0.1, 0.15) is 0 Å². The molecular weight excluding hydrogens is 296 g/mol. The maximum Gasteiger partial charge on any atom is 0.206 e. The maximum atomic E-state index is 11.5. The van der Waals surface area contributed by atoms with Gasteiger partial charge in [0.25, 0.3) is 0 Å². The second-order valence-corrected chi connectivity index (χ2v) is 5.79. The zero-order chi connectivity index (χ0) is 17.4. The van der Waals surface area contributed by atoms with E-state index in [-0.39, 0.29) is 5.78 Å². The molecule has 0 bridgehead atoms. The molecule has 0 radical (unpaired) electrons. The maximum absolute atomic E-state index is 11.5. The van der Waals surface area contributed by atoms with Gasteiger partial charge in [-0.3, -0.25) is 4.79 Å². The van der Waals surface area contributed by atoms with E-state index >= 15 is 0 Å². The summed E-state index contributed by atoms with van der Waals surface area (Å²) in [5, 5.41) is 0. The molecule has 0 saturated carbocycles. The van der Waals surface area contributed by atoms with Gasteiger partial charge in [0, 0.05) is 37.3 Å². The third-order valence-corrected chi connectivity index (χ3v) is 4.16. The van der Waals surface area contributed by atoms with Crippen LogP contribution < -0.4 is 9.47 Å². The average Bonchev–Trinajstić information content (AvgIpc) is 2.63. The van der Waals surface area contributed by atoms with E-state index in [1.165, 1.54) is 11.3 Å². The number of nitrogens with zero attached hydrogens (tertiary/aromatic N) is 2. The average molecular weight is 323 g/mol. The van der Waals surface area contributed by atoms with Gasteiger partial charge < -0.3 is 4.90 Å². The molecule has 3 heteroatoms. The lowest BCUT2D eigenvalue weighted by molar-refractivity contribution is -0.684. The Morgan fingerprint density at radius 1 is 0.917 bits per heavy atom. The Balaban J connectivity index is 2.01. The van der Waals surface area contributed by atoms with Crippen molar-refractivity contribution in [3.8, 4) is 0 Å². The van der Waals surface area contributed by atoms with Gasteiger partial charge in [-0.2, -0.15) is 4.57 Å². The highest BCUT2D eigenvalue weighted by atomic mass is 16.1. The van der Waals surface area contributed by atoms with Crippen molar-refractivity contribution in [1.82, 2.24) is 0 Å². The topological polar surface area (TPSA) is 24.2 Å². The van der Waals surface area contributed by atoms with Crippen LogP contribution in [-0.2, 0) is 11.3 Å². The number of hydrogen-bond acceptors (Lipinski definition) is 2. The van der Waals surface area contributed by atoms with Gasteiger partial charge in [-0.05, 0) is 37.1 Å². The van der Waals surface area contributed by atoms with Gasteiger partial charge in [-0.1, -0.05) is 31.2 Å². The molecule has 2 aromatic rings. The van der Waals surface area contributed by atoms with Crippen LogP contribution in [0.1, 0.15) is 38.3 Å². The van der Waals surface area contributed by atoms with Crippen molar-refractivity contribution in [3.05, 3.63) is 59.9 Å². The van der Waals surface area contributed by atoms with E-state index in [1.807, 2.05) is 36.0 Å². The summed E-state index contributed by atoms with van der Waals surface area (Å²) in [6, 6.07) is 12.7. The summed E-state index contributed by atoms with van der Waals surface area (Å²) in [5.74, 6) is 0.247. The Morgan fingerprint density at radius 2 is 1.46 bits per heavy atom. The monoisotopic (exact) mass is 323 g/mol. The first-order valence-corrected chi connectivity index (χ1v) is 8.70. The summed E-state index contributed by atoms with van der Waals surface area (Å²) in [7, 11) is 0. The molecule has 0 atom stereocenters. The summed E-state index contributed by atoms with van der Waals surface area (Å²) >= 11 is 0. The first-order valence-electron chi connectivity index (χ1n) is 8.70. The zero-order valence-electron chi connectivity index (χ0n) is 14.9. The normalized spacial score (nSPS) is 11.0. The largest absolute Gasteiger partial charge is 0.372 e. The molecule has 0 aliphatic heterocycles. The number of carbonyl (C=O) groups excluding carboxylic acids is 1. The fourth-order valence-corrected chi connectivity index (χ4v) is 2.58. The number of aromatic nitrogens is 1. The molecule has 2 rings (SSSR count). The van der Waals surface area contributed by atoms with Gasteiger partial charge in [0.2, 0.25) is 6.54 Å². The predicted molar refractivity (Wildman–Crippen MR) is 101 cm³/mol. The quantitative estimate of drug-likeness (QED) is 0.687. The molecule has 24 heavy (non-hydrogen) atoms. The molecule has 0 amide bonds. The number of benzene rings is 1. The van der Waals surface area contributed by atoms with Crippen LogP contribution in [0.4, 0.5) is 5.69 Å². The van der Waals surface area contributed by atoms with Crippen LogP contribution in [0.25, 0.3) is 12.2 Å². The summed E-state index contributed by atoms with van der Waals surface area (Å²) < 4.78 is 1.92. The van der Waals surface area contributed by atoms with E-state index in [0.29, 0.717) is 13.0 Å². The molecule has 0 N–H and O–H groups in total. The molecule has 1 aromatic heterocycles. The molecule has 3 nitrogen and oxygen atoms in total. The fourth-order valence-electron chi connectivity index (χ4n) is 2.58. The summed E-state index contributed by atoms with van der Waals surface area (Å²) in [5.41, 5.74) is 3.57. The molecule has 0 aliphatic carbocycles. The number of anilines is 1. The molecule has 0 aliphatic rings. The highest BCUT2D eigenvalue weighted by Gasteiger charge is 2.06. The number of hydrogen-bond donors (Lipinski definition) is 0. The lowest BCUT2D eigenvalue weighted by Crippen LogP contribution is -2.36. The van der Waals surface area contributed by atoms with Gasteiger partial charge >= 0.3 is 0 Å². The fraction of sp³-hybridized carbons (Fsp3) is 0.333. The Bertz CT molecular complexity index is 668. The standard InChI is InChI=1S/C21H27N2O/c1-4-21(24)17-22-15-13-19(14-16-22)8-7-18-9-11-20(12-10-18)23(5-2)6-3/h7-16H,4-6,17H2,1-3H3/q+1. The second-order valence-electron chi connectivity index (χ2n) is 5.79. The van der Waals surface area contributed by atoms with Crippen molar-refractivity contribution < 1.29 is 9.36 Å². The minimum absolute atomic E-state index is 0.247. The Labute approximate surface area is 145 Å². The molecular formula is C21H27N2O+. The number of rotatable bonds is 8.